The molecule has 2 heterocycles. The molecule has 4 heteroatoms. The summed E-state index contributed by atoms with van der Waals surface area (Å²) in [6.45, 7) is 0. The molecule has 0 amide bonds. The zero-order valence-corrected chi connectivity index (χ0v) is 26.1. The van der Waals surface area contributed by atoms with E-state index in [2.05, 4.69) is 162 Å². The summed E-state index contributed by atoms with van der Waals surface area (Å²) in [5.41, 5.74) is 13.3. The summed E-state index contributed by atoms with van der Waals surface area (Å²) < 4.78 is 0. The molecule has 226 valence electrons. The van der Waals surface area contributed by atoms with Gasteiger partial charge >= 0.3 is 0 Å². The highest BCUT2D eigenvalue weighted by Crippen LogP contribution is 2.55. The largest absolute Gasteiger partial charge is 0.234 e. The van der Waals surface area contributed by atoms with Gasteiger partial charge in [-0.15, -0.1) is 0 Å². The molecule has 6 aromatic carbocycles. The van der Waals surface area contributed by atoms with Crippen LogP contribution in [0.3, 0.4) is 0 Å². The quantitative estimate of drug-likeness (QED) is 0.179. The van der Waals surface area contributed by atoms with E-state index in [1.54, 1.807) is 18.5 Å². The summed E-state index contributed by atoms with van der Waals surface area (Å²) in [7, 11) is 0. The molecule has 4 nitrogen and oxygen atoms in total. The van der Waals surface area contributed by atoms with Gasteiger partial charge in [0.2, 0.25) is 0 Å². The van der Waals surface area contributed by atoms with E-state index in [-0.39, 0.29) is 0 Å². The summed E-state index contributed by atoms with van der Waals surface area (Å²) in [6.07, 6.45) is 7.25. The molecule has 2 aromatic heterocycles. The van der Waals surface area contributed by atoms with Crippen molar-refractivity contribution in [2.45, 2.75) is 0 Å². The SMILES string of the molecule is c1ccc(-c2c(-c3ccccc3)c(-c3ccccc3)c(-c3cnc(-c4ncccn4)nc3)c(-c3ccccc3)c2-c2ccccc2)cc1. The molecule has 0 atom stereocenters. The van der Waals surface area contributed by atoms with Crippen LogP contribution >= 0.6 is 0 Å². The molecule has 0 aliphatic rings. The number of nitrogens with zero attached hydrogens (tertiary/aromatic N) is 4. The summed E-state index contributed by atoms with van der Waals surface area (Å²) >= 11 is 0. The molecular formula is C44H30N4. The lowest BCUT2D eigenvalue weighted by molar-refractivity contribution is 1.08. The maximum Gasteiger partial charge on any atom is 0.197 e. The van der Waals surface area contributed by atoms with Gasteiger partial charge in [0.1, 0.15) is 0 Å². The number of aromatic nitrogens is 4. The monoisotopic (exact) mass is 614 g/mol. The second-order valence-electron chi connectivity index (χ2n) is 11.4. The Morgan fingerprint density at radius 2 is 0.479 bits per heavy atom. The van der Waals surface area contributed by atoms with Crippen molar-refractivity contribution in [3.8, 4) is 78.4 Å². The Bertz CT molecular complexity index is 2170. The van der Waals surface area contributed by atoms with Crippen molar-refractivity contribution < 1.29 is 0 Å². The third-order valence-electron chi connectivity index (χ3n) is 8.52. The van der Waals surface area contributed by atoms with Gasteiger partial charge in [0, 0.05) is 35.9 Å². The van der Waals surface area contributed by atoms with Crippen LogP contribution in [0.5, 0.6) is 0 Å². The Kier molecular flexibility index (Phi) is 7.87. The van der Waals surface area contributed by atoms with E-state index in [4.69, 9.17) is 9.97 Å². The average molecular weight is 615 g/mol. The van der Waals surface area contributed by atoms with Crippen LogP contribution in [-0.4, -0.2) is 19.9 Å². The second-order valence-corrected chi connectivity index (χ2v) is 11.4. The Balaban J connectivity index is 1.61. The van der Waals surface area contributed by atoms with E-state index in [0.717, 1.165) is 61.2 Å². The van der Waals surface area contributed by atoms with Gasteiger partial charge in [0.25, 0.3) is 0 Å². The fraction of sp³-hybridized carbons (Fsp3) is 0. The molecule has 8 rings (SSSR count). The number of hydrogen-bond donors (Lipinski definition) is 0. The summed E-state index contributed by atoms with van der Waals surface area (Å²) in [5, 5.41) is 0. The third kappa shape index (κ3) is 5.46. The normalized spacial score (nSPS) is 10.9. The zero-order valence-electron chi connectivity index (χ0n) is 26.1. The molecule has 0 saturated heterocycles. The van der Waals surface area contributed by atoms with Crippen molar-refractivity contribution in [2.24, 2.45) is 0 Å². The summed E-state index contributed by atoms with van der Waals surface area (Å²) in [5.74, 6) is 0.972. The molecule has 0 N–H and O–H groups in total. The summed E-state index contributed by atoms with van der Waals surface area (Å²) in [6, 6.07) is 55.3. The van der Waals surface area contributed by atoms with Crippen molar-refractivity contribution in [3.63, 3.8) is 0 Å². The molecule has 0 saturated carbocycles. The Labute approximate surface area is 280 Å². The topological polar surface area (TPSA) is 51.6 Å². The second kappa shape index (κ2) is 13.1. The minimum absolute atomic E-state index is 0.481. The Hall–Kier alpha value is -6.52. The fourth-order valence-corrected chi connectivity index (χ4v) is 6.49. The third-order valence-corrected chi connectivity index (χ3v) is 8.52. The van der Waals surface area contributed by atoms with E-state index in [0.29, 0.717) is 11.6 Å². The van der Waals surface area contributed by atoms with Crippen LogP contribution in [-0.2, 0) is 0 Å². The van der Waals surface area contributed by atoms with Crippen molar-refractivity contribution in [3.05, 3.63) is 183 Å². The van der Waals surface area contributed by atoms with E-state index < -0.39 is 0 Å². The van der Waals surface area contributed by atoms with E-state index in [1.165, 1.54) is 5.56 Å². The van der Waals surface area contributed by atoms with E-state index in [9.17, 15) is 0 Å². The lowest BCUT2D eigenvalue weighted by Crippen LogP contribution is -2.03. The van der Waals surface area contributed by atoms with E-state index in [1.807, 2.05) is 12.4 Å². The molecule has 48 heavy (non-hydrogen) atoms. The molecule has 8 aromatic rings. The van der Waals surface area contributed by atoms with Crippen molar-refractivity contribution in [2.75, 3.05) is 0 Å². The maximum atomic E-state index is 4.84. The minimum Gasteiger partial charge on any atom is -0.234 e. The highest BCUT2D eigenvalue weighted by atomic mass is 15.0. The van der Waals surface area contributed by atoms with Crippen molar-refractivity contribution in [1.29, 1.82) is 0 Å². The van der Waals surface area contributed by atoms with Gasteiger partial charge in [0.05, 0.1) is 0 Å². The highest BCUT2D eigenvalue weighted by molar-refractivity contribution is 6.14. The Morgan fingerprint density at radius 3 is 0.771 bits per heavy atom. The lowest BCUT2D eigenvalue weighted by Gasteiger charge is -2.28. The lowest BCUT2D eigenvalue weighted by atomic mass is 9.74. The molecule has 0 radical (unpaired) electrons. The van der Waals surface area contributed by atoms with Gasteiger partial charge in [-0.1, -0.05) is 152 Å². The zero-order chi connectivity index (χ0) is 32.1. The van der Waals surface area contributed by atoms with Crippen LogP contribution in [0, 0.1) is 0 Å². The smallest absolute Gasteiger partial charge is 0.197 e. The molecule has 0 fully saturated rings. The summed E-state index contributed by atoms with van der Waals surface area (Å²) in [4.78, 5) is 18.5. The molecule has 0 aliphatic heterocycles. The maximum absolute atomic E-state index is 4.84. The number of benzene rings is 6. The average Bonchev–Trinajstić information content (AvgIpc) is 3.19. The predicted molar refractivity (Wildman–Crippen MR) is 196 cm³/mol. The van der Waals surface area contributed by atoms with Crippen molar-refractivity contribution >= 4 is 0 Å². The minimum atomic E-state index is 0.481. The van der Waals surface area contributed by atoms with Gasteiger partial charge < -0.3 is 0 Å². The first kappa shape index (κ1) is 28.9. The number of rotatable bonds is 7. The van der Waals surface area contributed by atoms with Crippen LogP contribution in [0.4, 0.5) is 0 Å². The molecule has 0 aliphatic carbocycles. The van der Waals surface area contributed by atoms with Gasteiger partial charge in [-0.2, -0.15) is 0 Å². The van der Waals surface area contributed by atoms with Gasteiger partial charge in [-0.3, -0.25) is 0 Å². The predicted octanol–water partition coefficient (Wildman–Crippen LogP) is 10.9. The van der Waals surface area contributed by atoms with E-state index >= 15 is 0 Å². The fourth-order valence-electron chi connectivity index (χ4n) is 6.49. The molecule has 0 bridgehead atoms. The first-order chi connectivity index (χ1) is 23.9. The highest BCUT2D eigenvalue weighted by Gasteiger charge is 2.29. The number of hydrogen-bond acceptors (Lipinski definition) is 4. The Morgan fingerprint density at radius 1 is 0.229 bits per heavy atom. The van der Waals surface area contributed by atoms with Crippen LogP contribution in [0.1, 0.15) is 0 Å². The molecular weight excluding hydrogens is 585 g/mol. The molecule has 0 unspecified atom stereocenters. The standard InChI is InChI=1S/C44H30N4/c1-6-17-31(18-7-1)37-38(32-19-8-2-9-20-32)40(34-23-12-4-13-24-34)42(36-29-47-44(48-30-36)43-45-27-16-28-46-43)41(35-25-14-5-15-26-35)39(37)33-21-10-3-11-22-33/h1-30H. The van der Waals surface area contributed by atoms with Gasteiger partial charge in [-0.25, -0.2) is 19.9 Å². The van der Waals surface area contributed by atoms with Crippen LogP contribution < -0.4 is 0 Å². The van der Waals surface area contributed by atoms with Crippen LogP contribution in [0.25, 0.3) is 78.4 Å². The van der Waals surface area contributed by atoms with Crippen LogP contribution in [0.2, 0.25) is 0 Å². The first-order valence-corrected chi connectivity index (χ1v) is 16.0. The van der Waals surface area contributed by atoms with Crippen LogP contribution in [0.15, 0.2) is 183 Å². The van der Waals surface area contributed by atoms with Crippen molar-refractivity contribution in [1.82, 2.24) is 19.9 Å². The first-order valence-electron chi connectivity index (χ1n) is 16.0. The molecule has 0 spiro atoms. The van der Waals surface area contributed by atoms with Gasteiger partial charge in [0.15, 0.2) is 11.6 Å². The van der Waals surface area contributed by atoms with Gasteiger partial charge in [-0.05, 0) is 61.7 Å².